The van der Waals surface area contributed by atoms with Crippen molar-refractivity contribution >= 4 is 22.7 Å². The van der Waals surface area contributed by atoms with Crippen LogP contribution in [0.2, 0.25) is 0 Å². The number of nitrogens with zero attached hydrogens (tertiary/aromatic N) is 2. The van der Waals surface area contributed by atoms with Crippen LogP contribution >= 0.6 is 0 Å². The average Bonchev–Trinajstić information content (AvgIpc) is 2.67. The molecule has 0 bridgehead atoms. The molecule has 1 unspecified atom stereocenters. The molecule has 0 radical (unpaired) electrons. The largest absolute Gasteiger partial charge is 0.341 e. The number of pyridine rings is 1. The van der Waals surface area contributed by atoms with Gasteiger partial charge in [-0.05, 0) is 51.1 Å². The number of piperidine rings is 1. The number of rotatable bonds is 4. The molecule has 2 aromatic rings. The van der Waals surface area contributed by atoms with Crippen molar-refractivity contribution in [1.82, 2.24) is 20.1 Å². The Kier molecular flexibility index (Phi) is 6.02. The lowest BCUT2D eigenvalue weighted by atomic mass is 10.0. The van der Waals surface area contributed by atoms with Gasteiger partial charge in [0.05, 0.1) is 0 Å². The van der Waals surface area contributed by atoms with Crippen LogP contribution in [0.15, 0.2) is 41.3 Å². The van der Waals surface area contributed by atoms with Crippen LogP contribution in [0.3, 0.4) is 0 Å². The molecular weight excluding hydrogens is 356 g/mol. The van der Waals surface area contributed by atoms with E-state index in [0.29, 0.717) is 31.3 Å². The van der Waals surface area contributed by atoms with Crippen LogP contribution in [0.5, 0.6) is 0 Å². The molecule has 7 heteroatoms. The maximum Gasteiger partial charge on any atom is 0.315 e. The highest BCUT2D eigenvalue weighted by Gasteiger charge is 2.28. The van der Waals surface area contributed by atoms with Crippen LogP contribution in [-0.4, -0.2) is 46.6 Å². The van der Waals surface area contributed by atoms with Gasteiger partial charge < -0.3 is 20.1 Å². The first kappa shape index (κ1) is 19.9. The zero-order chi connectivity index (χ0) is 20.3. The van der Waals surface area contributed by atoms with Crippen molar-refractivity contribution in [3.05, 3.63) is 46.9 Å². The molecule has 1 fully saturated rings. The van der Waals surface area contributed by atoms with Crippen molar-refractivity contribution in [3.63, 3.8) is 0 Å². The van der Waals surface area contributed by atoms with E-state index in [0.717, 1.165) is 5.39 Å². The Morgan fingerprint density at radius 2 is 1.75 bits per heavy atom. The van der Waals surface area contributed by atoms with Crippen LogP contribution in [0.1, 0.15) is 39.7 Å². The predicted molar refractivity (Wildman–Crippen MR) is 109 cm³/mol. The maximum absolute atomic E-state index is 12.9. The number of likely N-dealkylation sites (tertiary alicyclic amines) is 1. The van der Waals surface area contributed by atoms with Gasteiger partial charge in [0.15, 0.2) is 0 Å². The van der Waals surface area contributed by atoms with Gasteiger partial charge in [-0.15, -0.1) is 0 Å². The number of hydrogen-bond acceptors (Lipinski definition) is 3. The highest BCUT2D eigenvalue weighted by molar-refractivity contribution is 5.83. The molecule has 3 amide bonds. The summed E-state index contributed by atoms with van der Waals surface area (Å²) >= 11 is 0. The van der Waals surface area contributed by atoms with E-state index in [4.69, 9.17) is 0 Å². The number of carbonyl (C=O) groups is 2. The van der Waals surface area contributed by atoms with Crippen LogP contribution in [0.25, 0.3) is 10.8 Å². The van der Waals surface area contributed by atoms with E-state index < -0.39 is 6.04 Å². The van der Waals surface area contributed by atoms with Crippen molar-refractivity contribution in [2.24, 2.45) is 0 Å². The van der Waals surface area contributed by atoms with Crippen molar-refractivity contribution < 1.29 is 9.59 Å². The highest BCUT2D eigenvalue weighted by atomic mass is 16.2. The molecule has 1 atom stereocenters. The van der Waals surface area contributed by atoms with E-state index in [1.54, 1.807) is 24.1 Å². The van der Waals surface area contributed by atoms with Crippen LogP contribution in [0.4, 0.5) is 4.79 Å². The number of benzene rings is 1. The number of amides is 3. The predicted octanol–water partition coefficient (Wildman–Crippen LogP) is 2.26. The fourth-order valence-corrected chi connectivity index (χ4v) is 3.63. The van der Waals surface area contributed by atoms with Crippen LogP contribution < -0.4 is 16.2 Å². The Labute approximate surface area is 164 Å². The van der Waals surface area contributed by atoms with E-state index in [-0.39, 0.29) is 29.6 Å². The van der Waals surface area contributed by atoms with E-state index in [2.05, 4.69) is 10.6 Å². The molecule has 1 aromatic heterocycles. The van der Waals surface area contributed by atoms with Crippen molar-refractivity contribution in [1.29, 1.82) is 0 Å². The zero-order valence-electron chi connectivity index (χ0n) is 16.6. The quantitative estimate of drug-likeness (QED) is 0.848. The molecule has 3 rings (SSSR count). The molecule has 1 aliphatic rings. The maximum atomic E-state index is 12.9. The Morgan fingerprint density at radius 3 is 2.43 bits per heavy atom. The van der Waals surface area contributed by atoms with Crippen LogP contribution in [0, 0.1) is 0 Å². The minimum Gasteiger partial charge on any atom is -0.341 e. The van der Waals surface area contributed by atoms with Gasteiger partial charge >= 0.3 is 6.03 Å². The summed E-state index contributed by atoms with van der Waals surface area (Å²) in [6.45, 7) is 6.73. The molecule has 1 aromatic carbocycles. The topological polar surface area (TPSA) is 83.4 Å². The molecular formula is C21H28N4O3. The SMILES string of the molecule is CC(C)NC(=O)NC1CCN(C(=O)C(C)n2ccc3ccccc3c2=O)CC1. The van der Waals surface area contributed by atoms with Gasteiger partial charge in [0.2, 0.25) is 5.91 Å². The first-order valence-corrected chi connectivity index (χ1v) is 9.82. The monoisotopic (exact) mass is 384 g/mol. The Morgan fingerprint density at radius 1 is 1.07 bits per heavy atom. The summed E-state index contributed by atoms with van der Waals surface area (Å²) in [6.07, 6.45) is 3.10. The molecule has 0 aliphatic carbocycles. The Bertz CT molecular complexity index is 913. The fraction of sp³-hybridized carbons (Fsp3) is 0.476. The summed E-state index contributed by atoms with van der Waals surface area (Å²) in [5.74, 6) is -0.0672. The van der Waals surface area contributed by atoms with Gasteiger partial charge in [0, 0.05) is 36.8 Å². The summed E-state index contributed by atoms with van der Waals surface area (Å²) in [7, 11) is 0. The highest BCUT2D eigenvalue weighted by Crippen LogP contribution is 2.17. The van der Waals surface area contributed by atoms with Gasteiger partial charge in [-0.1, -0.05) is 18.2 Å². The third kappa shape index (κ3) is 4.35. The normalized spacial score (nSPS) is 16.2. The Balaban J connectivity index is 1.63. The van der Waals surface area contributed by atoms with E-state index in [9.17, 15) is 14.4 Å². The summed E-state index contributed by atoms with van der Waals surface area (Å²) in [6, 6.07) is 8.66. The lowest BCUT2D eigenvalue weighted by Gasteiger charge is -2.34. The number of hydrogen-bond donors (Lipinski definition) is 2. The molecule has 1 aliphatic heterocycles. The molecule has 150 valence electrons. The number of carbonyl (C=O) groups excluding carboxylic acids is 2. The summed E-state index contributed by atoms with van der Waals surface area (Å²) in [5.41, 5.74) is -0.152. The van der Waals surface area contributed by atoms with E-state index in [1.165, 1.54) is 4.57 Å². The average molecular weight is 384 g/mol. The molecule has 2 heterocycles. The van der Waals surface area contributed by atoms with Crippen molar-refractivity contribution in [2.75, 3.05) is 13.1 Å². The van der Waals surface area contributed by atoms with Gasteiger partial charge in [-0.25, -0.2) is 4.79 Å². The van der Waals surface area contributed by atoms with E-state index >= 15 is 0 Å². The van der Waals surface area contributed by atoms with Crippen molar-refractivity contribution in [2.45, 2.75) is 51.7 Å². The second kappa shape index (κ2) is 8.46. The van der Waals surface area contributed by atoms with Gasteiger partial charge in [0.1, 0.15) is 6.04 Å². The summed E-state index contributed by atoms with van der Waals surface area (Å²) < 4.78 is 1.51. The molecule has 28 heavy (non-hydrogen) atoms. The molecule has 7 nitrogen and oxygen atoms in total. The number of urea groups is 1. The summed E-state index contributed by atoms with van der Waals surface area (Å²) in [5, 5.41) is 7.26. The molecule has 1 saturated heterocycles. The van der Waals surface area contributed by atoms with Gasteiger partial charge in [-0.3, -0.25) is 9.59 Å². The smallest absolute Gasteiger partial charge is 0.315 e. The van der Waals surface area contributed by atoms with E-state index in [1.807, 2.05) is 38.1 Å². The number of fused-ring (bicyclic) bond motifs is 1. The third-order valence-corrected chi connectivity index (χ3v) is 5.18. The zero-order valence-corrected chi connectivity index (χ0v) is 16.6. The minimum absolute atomic E-state index is 0.0569. The van der Waals surface area contributed by atoms with Crippen molar-refractivity contribution in [3.8, 4) is 0 Å². The first-order valence-electron chi connectivity index (χ1n) is 9.82. The second-order valence-electron chi connectivity index (χ2n) is 7.66. The number of aromatic nitrogens is 1. The lowest BCUT2D eigenvalue weighted by molar-refractivity contribution is -0.135. The number of nitrogens with one attached hydrogen (secondary N) is 2. The standard InChI is InChI=1S/C21H28N4O3/c1-14(2)22-21(28)23-17-9-11-24(12-10-17)19(26)15(3)25-13-8-16-6-4-5-7-18(16)20(25)27/h4-8,13-15,17H,9-12H2,1-3H3,(H2,22,23,28). The van der Waals surface area contributed by atoms with Crippen LogP contribution in [-0.2, 0) is 4.79 Å². The minimum atomic E-state index is -0.564. The van der Waals surface area contributed by atoms with Gasteiger partial charge in [0.25, 0.3) is 5.56 Å². The molecule has 0 spiro atoms. The lowest BCUT2D eigenvalue weighted by Crippen LogP contribution is -2.51. The molecule has 0 saturated carbocycles. The third-order valence-electron chi connectivity index (χ3n) is 5.18. The fourth-order valence-electron chi connectivity index (χ4n) is 3.63. The van der Waals surface area contributed by atoms with Gasteiger partial charge in [-0.2, -0.15) is 0 Å². The first-order chi connectivity index (χ1) is 13.4. The molecule has 2 N–H and O–H groups in total. The summed E-state index contributed by atoms with van der Waals surface area (Å²) in [4.78, 5) is 39.3. The second-order valence-corrected chi connectivity index (χ2v) is 7.66. The Hall–Kier alpha value is -2.83.